The SMILES string of the molecule is CCCCCCCCCCCCC(NCC)C(C)(C)C. The lowest BCUT2D eigenvalue weighted by atomic mass is 9.83. The number of nitrogens with one attached hydrogen (secondary N) is 1. The highest BCUT2D eigenvalue weighted by Crippen LogP contribution is 2.24. The molecule has 0 aromatic rings. The molecule has 1 nitrogen and oxygen atoms in total. The van der Waals surface area contributed by atoms with Crippen molar-refractivity contribution in [3.8, 4) is 0 Å². The Morgan fingerprint density at radius 1 is 0.700 bits per heavy atom. The lowest BCUT2D eigenvalue weighted by Crippen LogP contribution is -2.40. The third-order valence-corrected chi connectivity index (χ3v) is 4.34. The molecule has 0 aliphatic rings. The summed E-state index contributed by atoms with van der Waals surface area (Å²) >= 11 is 0. The lowest BCUT2D eigenvalue weighted by molar-refractivity contribution is 0.252. The van der Waals surface area contributed by atoms with Crippen LogP contribution in [0.25, 0.3) is 0 Å². The van der Waals surface area contributed by atoms with E-state index in [1.54, 1.807) is 0 Å². The van der Waals surface area contributed by atoms with Crippen LogP contribution in [0.4, 0.5) is 0 Å². The Morgan fingerprint density at radius 3 is 1.55 bits per heavy atom. The van der Waals surface area contributed by atoms with E-state index in [2.05, 4.69) is 39.9 Å². The molecular formula is C19H41N. The molecule has 1 heteroatoms. The molecule has 1 N–H and O–H groups in total. The lowest BCUT2D eigenvalue weighted by Gasteiger charge is -2.31. The summed E-state index contributed by atoms with van der Waals surface area (Å²) in [6.07, 6.45) is 15.7. The van der Waals surface area contributed by atoms with E-state index in [0.717, 1.165) is 6.54 Å². The van der Waals surface area contributed by atoms with Crippen LogP contribution in [0.5, 0.6) is 0 Å². The summed E-state index contributed by atoms with van der Waals surface area (Å²) in [5.74, 6) is 0. The summed E-state index contributed by atoms with van der Waals surface area (Å²) in [6, 6.07) is 0.682. The van der Waals surface area contributed by atoms with Gasteiger partial charge in [-0.05, 0) is 18.4 Å². The van der Waals surface area contributed by atoms with E-state index in [0.29, 0.717) is 11.5 Å². The van der Waals surface area contributed by atoms with Crippen molar-refractivity contribution < 1.29 is 0 Å². The molecule has 0 rings (SSSR count). The van der Waals surface area contributed by atoms with Gasteiger partial charge in [0.15, 0.2) is 0 Å². The molecule has 0 aromatic heterocycles. The van der Waals surface area contributed by atoms with Crippen LogP contribution in [0.15, 0.2) is 0 Å². The molecule has 0 spiro atoms. The predicted molar refractivity (Wildman–Crippen MR) is 93.4 cm³/mol. The quantitative estimate of drug-likeness (QED) is 0.390. The van der Waals surface area contributed by atoms with Gasteiger partial charge < -0.3 is 5.32 Å². The van der Waals surface area contributed by atoms with Crippen molar-refractivity contribution in [3.05, 3.63) is 0 Å². The van der Waals surface area contributed by atoms with E-state index in [9.17, 15) is 0 Å². The maximum Gasteiger partial charge on any atom is 0.0115 e. The molecule has 0 aliphatic heterocycles. The Hall–Kier alpha value is -0.0400. The van der Waals surface area contributed by atoms with Crippen molar-refractivity contribution in [1.82, 2.24) is 5.32 Å². The van der Waals surface area contributed by atoms with Crippen molar-refractivity contribution in [3.63, 3.8) is 0 Å². The van der Waals surface area contributed by atoms with Crippen molar-refractivity contribution >= 4 is 0 Å². The van der Waals surface area contributed by atoms with Gasteiger partial charge in [-0.3, -0.25) is 0 Å². The second kappa shape index (κ2) is 12.7. The Balaban J connectivity index is 3.41. The molecule has 0 saturated carbocycles. The molecule has 20 heavy (non-hydrogen) atoms. The minimum absolute atomic E-state index is 0.398. The van der Waals surface area contributed by atoms with Gasteiger partial charge in [-0.2, -0.15) is 0 Å². The van der Waals surface area contributed by atoms with Crippen LogP contribution < -0.4 is 5.32 Å². The molecule has 0 aliphatic carbocycles. The van der Waals surface area contributed by atoms with Gasteiger partial charge in [0.1, 0.15) is 0 Å². The van der Waals surface area contributed by atoms with Crippen molar-refractivity contribution in [2.24, 2.45) is 5.41 Å². The van der Waals surface area contributed by atoms with Crippen LogP contribution in [0.1, 0.15) is 105 Å². The Morgan fingerprint density at radius 2 is 1.15 bits per heavy atom. The van der Waals surface area contributed by atoms with E-state index in [1.807, 2.05) is 0 Å². The average Bonchev–Trinajstić information content (AvgIpc) is 2.38. The minimum atomic E-state index is 0.398. The molecule has 0 aromatic carbocycles. The number of hydrogen-bond acceptors (Lipinski definition) is 1. The van der Waals surface area contributed by atoms with Crippen LogP contribution in [0.3, 0.4) is 0 Å². The Bertz CT molecular complexity index is 192. The number of unbranched alkanes of at least 4 members (excludes halogenated alkanes) is 9. The molecular weight excluding hydrogens is 242 g/mol. The van der Waals surface area contributed by atoms with Crippen molar-refractivity contribution in [1.29, 1.82) is 0 Å². The van der Waals surface area contributed by atoms with Gasteiger partial charge in [0.2, 0.25) is 0 Å². The van der Waals surface area contributed by atoms with Gasteiger partial charge in [-0.15, -0.1) is 0 Å². The van der Waals surface area contributed by atoms with Gasteiger partial charge in [0.25, 0.3) is 0 Å². The third kappa shape index (κ3) is 11.8. The first kappa shape index (κ1) is 20.0. The highest BCUT2D eigenvalue weighted by atomic mass is 14.9. The third-order valence-electron chi connectivity index (χ3n) is 4.34. The molecule has 122 valence electrons. The molecule has 1 atom stereocenters. The Kier molecular flexibility index (Phi) is 12.7. The fraction of sp³-hybridized carbons (Fsp3) is 1.00. The summed E-state index contributed by atoms with van der Waals surface area (Å²) < 4.78 is 0. The maximum atomic E-state index is 3.65. The summed E-state index contributed by atoms with van der Waals surface area (Å²) in [4.78, 5) is 0. The van der Waals surface area contributed by atoms with E-state index in [-0.39, 0.29) is 0 Å². The van der Waals surface area contributed by atoms with Crippen LogP contribution in [0, 0.1) is 5.41 Å². The summed E-state index contributed by atoms with van der Waals surface area (Å²) in [5, 5.41) is 3.65. The fourth-order valence-electron chi connectivity index (χ4n) is 2.92. The highest BCUT2D eigenvalue weighted by Gasteiger charge is 2.22. The molecule has 0 amide bonds. The van der Waals surface area contributed by atoms with Crippen molar-refractivity contribution in [2.75, 3.05) is 6.54 Å². The smallest absolute Gasteiger partial charge is 0.0115 e. The van der Waals surface area contributed by atoms with Crippen LogP contribution in [-0.4, -0.2) is 12.6 Å². The molecule has 0 bridgehead atoms. The van der Waals surface area contributed by atoms with Gasteiger partial charge in [0, 0.05) is 6.04 Å². The Labute approximate surface area is 129 Å². The standard InChI is InChI=1S/C19H41N/c1-6-8-9-10-11-12-13-14-15-16-17-18(20-7-2)19(3,4)5/h18,20H,6-17H2,1-5H3. The van der Waals surface area contributed by atoms with Gasteiger partial charge in [-0.25, -0.2) is 0 Å². The first-order chi connectivity index (χ1) is 9.52. The highest BCUT2D eigenvalue weighted by molar-refractivity contribution is 4.79. The topological polar surface area (TPSA) is 12.0 Å². The first-order valence-electron chi connectivity index (χ1n) is 9.25. The largest absolute Gasteiger partial charge is 0.314 e. The van der Waals surface area contributed by atoms with E-state index in [4.69, 9.17) is 0 Å². The van der Waals surface area contributed by atoms with Gasteiger partial charge in [-0.1, -0.05) is 98.8 Å². The minimum Gasteiger partial charge on any atom is -0.314 e. The first-order valence-corrected chi connectivity index (χ1v) is 9.25. The predicted octanol–water partition coefficient (Wildman–Crippen LogP) is 6.32. The van der Waals surface area contributed by atoms with Crippen molar-refractivity contribution in [2.45, 2.75) is 111 Å². The number of rotatable bonds is 13. The maximum absolute atomic E-state index is 3.65. The zero-order valence-corrected chi connectivity index (χ0v) is 15.1. The molecule has 0 fully saturated rings. The average molecular weight is 284 g/mol. The monoisotopic (exact) mass is 283 g/mol. The molecule has 1 unspecified atom stereocenters. The second-order valence-corrected chi connectivity index (χ2v) is 7.45. The molecule has 0 saturated heterocycles. The van der Waals surface area contributed by atoms with E-state index >= 15 is 0 Å². The molecule has 0 radical (unpaired) electrons. The number of hydrogen-bond donors (Lipinski definition) is 1. The fourth-order valence-corrected chi connectivity index (χ4v) is 2.92. The normalized spacial score (nSPS) is 13.7. The summed E-state index contributed by atoms with van der Waals surface area (Å²) in [6.45, 7) is 12.7. The van der Waals surface area contributed by atoms with Gasteiger partial charge >= 0.3 is 0 Å². The second-order valence-electron chi connectivity index (χ2n) is 7.45. The van der Waals surface area contributed by atoms with Crippen LogP contribution in [0.2, 0.25) is 0 Å². The van der Waals surface area contributed by atoms with Crippen LogP contribution >= 0.6 is 0 Å². The zero-order chi connectivity index (χ0) is 15.3. The van der Waals surface area contributed by atoms with E-state index in [1.165, 1.54) is 70.6 Å². The van der Waals surface area contributed by atoms with E-state index < -0.39 is 0 Å². The summed E-state index contributed by atoms with van der Waals surface area (Å²) in [7, 11) is 0. The summed E-state index contributed by atoms with van der Waals surface area (Å²) in [5.41, 5.74) is 0.398. The zero-order valence-electron chi connectivity index (χ0n) is 15.1. The van der Waals surface area contributed by atoms with Gasteiger partial charge in [0.05, 0.1) is 0 Å². The van der Waals surface area contributed by atoms with Crippen LogP contribution in [-0.2, 0) is 0 Å². The molecule has 0 heterocycles.